The lowest BCUT2D eigenvalue weighted by atomic mass is 9.95. The molecule has 0 saturated carbocycles. The van der Waals surface area contributed by atoms with Crippen LogP contribution in [0.25, 0.3) is 11.1 Å². The fraction of sp³-hybridized carbons (Fsp3) is 0.174. The van der Waals surface area contributed by atoms with E-state index in [0.717, 1.165) is 16.7 Å². The van der Waals surface area contributed by atoms with Gasteiger partial charge in [-0.3, -0.25) is 4.79 Å². The van der Waals surface area contributed by atoms with Crippen molar-refractivity contribution >= 4 is 17.5 Å². The number of methoxy groups -OCH3 is 1. The van der Waals surface area contributed by atoms with Gasteiger partial charge in [-0.15, -0.1) is 0 Å². The van der Waals surface area contributed by atoms with Crippen LogP contribution in [0.3, 0.4) is 0 Å². The first-order valence-corrected chi connectivity index (χ1v) is 9.14. The lowest BCUT2D eigenvalue weighted by molar-refractivity contribution is 0.00315. The number of hydrogen-bond acceptors (Lipinski definition) is 2. The van der Waals surface area contributed by atoms with Crippen molar-refractivity contribution in [1.29, 1.82) is 0 Å². The molecule has 0 aliphatic carbocycles. The average molecular weight is 380 g/mol. The predicted molar refractivity (Wildman–Crippen MR) is 110 cm³/mol. The molecule has 0 heterocycles. The minimum atomic E-state index is -0.662. The summed E-state index contributed by atoms with van der Waals surface area (Å²) in [5.74, 6) is -0.139. The number of amides is 1. The van der Waals surface area contributed by atoms with E-state index in [4.69, 9.17) is 16.3 Å². The van der Waals surface area contributed by atoms with E-state index in [1.165, 1.54) is 0 Å². The molecule has 1 atom stereocenters. The van der Waals surface area contributed by atoms with E-state index in [1.54, 1.807) is 7.11 Å². The molecule has 3 nitrogen and oxygen atoms in total. The van der Waals surface area contributed by atoms with Crippen LogP contribution >= 0.6 is 11.6 Å². The monoisotopic (exact) mass is 379 g/mol. The summed E-state index contributed by atoms with van der Waals surface area (Å²) in [6.45, 7) is 2.26. The standard InChI is InChI=1S/C23H22ClNO2/c1-23(27-2,20-9-6-10-21(24)15-20)16-25-22(26)19-13-11-18(12-14-19)17-7-4-3-5-8-17/h3-15H,16H2,1-2H3,(H,25,26). The second-order valence-corrected chi connectivity index (χ2v) is 7.01. The molecule has 0 saturated heterocycles. The first-order valence-electron chi connectivity index (χ1n) is 8.77. The smallest absolute Gasteiger partial charge is 0.251 e. The molecule has 4 heteroatoms. The Balaban J connectivity index is 1.69. The number of halogens is 1. The second kappa shape index (κ2) is 8.38. The number of carbonyl (C=O) groups is 1. The van der Waals surface area contributed by atoms with Crippen LogP contribution < -0.4 is 5.32 Å². The van der Waals surface area contributed by atoms with Gasteiger partial charge in [0.25, 0.3) is 5.91 Å². The van der Waals surface area contributed by atoms with E-state index in [9.17, 15) is 4.79 Å². The van der Waals surface area contributed by atoms with Gasteiger partial charge in [0.05, 0.1) is 6.54 Å². The number of benzene rings is 3. The number of hydrogen-bond donors (Lipinski definition) is 1. The molecule has 3 aromatic rings. The van der Waals surface area contributed by atoms with Crippen LogP contribution in [0.2, 0.25) is 5.02 Å². The predicted octanol–water partition coefficient (Wildman–Crippen LogP) is 5.30. The normalized spacial score (nSPS) is 13.0. The second-order valence-electron chi connectivity index (χ2n) is 6.57. The Morgan fingerprint density at radius 2 is 1.63 bits per heavy atom. The first kappa shape index (κ1) is 19.2. The molecule has 0 aromatic heterocycles. The van der Waals surface area contributed by atoms with Crippen LogP contribution in [0.4, 0.5) is 0 Å². The quantitative estimate of drug-likeness (QED) is 0.631. The highest BCUT2D eigenvalue weighted by atomic mass is 35.5. The molecule has 1 unspecified atom stereocenters. The topological polar surface area (TPSA) is 38.3 Å². The molecular formula is C23H22ClNO2. The molecule has 0 aliphatic rings. The van der Waals surface area contributed by atoms with Crippen molar-refractivity contribution in [3.8, 4) is 11.1 Å². The van der Waals surface area contributed by atoms with Gasteiger partial charge in [-0.25, -0.2) is 0 Å². The maximum Gasteiger partial charge on any atom is 0.251 e. The van der Waals surface area contributed by atoms with E-state index in [-0.39, 0.29) is 5.91 Å². The molecule has 1 amide bonds. The average Bonchev–Trinajstić information content (AvgIpc) is 2.72. The minimum Gasteiger partial charge on any atom is -0.372 e. The Bertz CT molecular complexity index is 909. The van der Waals surface area contributed by atoms with Crippen LogP contribution in [-0.4, -0.2) is 19.6 Å². The van der Waals surface area contributed by atoms with Crippen LogP contribution in [0, 0.1) is 0 Å². The van der Waals surface area contributed by atoms with Crippen LogP contribution in [0.15, 0.2) is 78.9 Å². The fourth-order valence-corrected chi connectivity index (χ4v) is 3.10. The molecule has 0 bridgehead atoms. The van der Waals surface area contributed by atoms with Gasteiger partial charge in [-0.05, 0) is 47.9 Å². The number of carbonyl (C=O) groups excluding carboxylic acids is 1. The van der Waals surface area contributed by atoms with E-state index in [2.05, 4.69) is 5.32 Å². The minimum absolute atomic E-state index is 0.139. The first-order chi connectivity index (χ1) is 13.0. The van der Waals surface area contributed by atoms with Gasteiger partial charge in [0, 0.05) is 17.7 Å². The lowest BCUT2D eigenvalue weighted by Gasteiger charge is -2.29. The van der Waals surface area contributed by atoms with Gasteiger partial charge >= 0.3 is 0 Å². The van der Waals surface area contributed by atoms with E-state index in [1.807, 2.05) is 85.8 Å². The SMILES string of the molecule is COC(C)(CNC(=O)c1ccc(-c2ccccc2)cc1)c1cccc(Cl)c1. The van der Waals surface area contributed by atoms with Crippen molar-refractivity contribution in [2.45, 2.75) is 12.5 Å². The van der Waals surface area contributed by atoms with E-state index in [0.29, 0.717) is 17.1 Å². The van der Waals surface area contributed by atoms with Gasteiger partial charge in [-0.2, -0.15) is 0 Å². The highest BCUT2D eigenvalue weighted by Crippen LogP contribution is 2.26. The summed E-state index contributed by atoms with van der Waals surface area (Å²) in [6.07, 6.45) is 0. The third-order valence-electron chi connectivity index (χ3n) is 4.73. The van der Waals surface area contributed by atoms with Crippen molar-refractivity contribution in [2.75, 3.05) is 13.7 Å². The number of nitrogens with one attached hydrogen (secondary N) is 1. The lowest BCUT2D eigenvalue weighted by Crippen LogP contribution is -2.40. The number of rotatable bonds is 6. The van der Waals surface area contributed by atoms with E-state index < -0.39 is 5.60 Å². The molecule has 27 heavy (non-hydrogen) atoms. The Labute approximate surface area is 164 Å². The van der Waals surface area contributed by atoms with Crippen molar-refractivity contribution in [3.63, 3.8) is 0 Å². The summed E-state index contributed by atoms with van der Waals surface area (Å²) in [5.41, 5.74) is 3.06. The Morgan fingerprint density at radius 3 is 2.26 bits per heavy atom. The van der Waals surface area contributed by atoms with Gasteiger partial charge in [0.2, 0.25) is 0 Å². The van der Waals surface area contributed by atoms with Crippen molar-refractivity contribution in [2.24, 2.45) is 0 Å². The van der Waals surface area contributed by atoms with Crippen molar-refractivity contribution in [1.82, 2.24) is 5.32 Å². The van der Waals surface area contributed by atoms with E-state index >= 15 is 0 Å². The van der Waals surface area contributed by atoms with Gasteiger partial charge < -0.3 is 10.1 Å². The molecule has 3 aromatic carbocycles. The summed E-state index contributed by atoms with van der Waals surface area (Å²) in [4.78, 5) is 12.6. The molecule has 0 fully saturated rings. The fourth-order valence-electron chi connectivity index (χ4n) is 2.91. The summed E-state index contributed by atoms with van der Waals surface area (Å²) in [7, 11) is 1.63. The van der Waals surface area contributed by atoms with Crippen LogP contribution in [0.1, 0.15) is 22.8 Å². The highest BCUT2D eigenvalue weighted by Gasteiger charge is 2.27. The Morgan fingerprint density at radius 1 is 0.963 bits per heavy atom. The van der Waals surface area contributed by atoms with Crippen LogP contribution in [-0.2, 0) is 10.3 Å². The molecule has 3 rings (SSSR count). The summed E-state index contributed by atoms with van der Waals surface area (Å²) in [6, 6.07) is 25.1. The van der Waals surface area contributed by atoms with Gasteiger partial charge in [0.15, 0.2) is 0 Å². The maximum absolute atomic E-state index is 12.6. The molecule has 0 radical (unpaired) electrons. The zero-order valence-corrected chi connectivity index (χ0v) is 16.2. The van der Waals surface area contributed by atoms with Crippen molar-refractivity contribution < 1.29 is 9.53 Å². The molecular weight excluding hydrogens is 358 g/mol. The largest absolute Gasteiger partial charge is 0.372 e. The molecule has 138 valence electrons. The molecule has 0 spiro atoms. The highest BCUT2D eigenvalue weighted by molar-refractivity contribution is 6.30. The zero-order valence-electron chi connectivity index (χ0n) is 15.4. The zero-order chi connectivity index (χ0) is 19.3. The molecule has 0 aliphatic heterocycles. The van der Waals surface area contributed by atoms with Crippen LogP contribution in [0.5, 0.6) is 0 Å². The van der Waals surface area contributed by atoms with Crippen molar-refractivity contribution in [3.05, 3.63) is 95.0 Å². The van der Waals surface area contributed by atoms with Gasteiger partial charge in [-0.1, -0.05) is 66.2 Å². The molecule has 1 N–H and O–H groups in total. The summed E-state index contributed by atoms with van der Waals surface area (Å²) in [5, 5.41) is 3.60. The third kappa shape index (κ3) is 4.57. The summed E-state index contributed by atoms with van der Waals surface area (Å²) >= 11 is 6.09. The number of ether oxygens (including phenoxy) is 1. The maximum atomic E-state index is 12.6. The Hall–Kier alpha value is -2.62. The summed E-state index contributed by atoms with van der Waals surface area (Å²) < 4.78 is 5.67. The van der Waals surface area contributed by atoms with Gasteiger partial charge in [0.1, 0.15) is 5.60 Å². The third-order valence-corrected chi connectivity index (χ3v) is 4.96. The Kier molecular flexibility index (Phi) is 5.94.